The largest absolute Gasteiger partial charge is 0.444 e. The SMILES string of the molecule is C#CC(OC(=O)C(c1ccc(Cl)c(Cl)c1)C1CC1)c1cccc(C(CF)c2ccc(C)cc2)c1. The van der Waals surface area contributed by atoms with Gasteiger partial charge >= 0.3 is 5.97 Å². The van der Waals surface area contributed by atoms with Gasteiger partial charge in [-0.3, -0.25) is 9.18 Å². The molecule has 5 heteroatoms. The summed E-state index contributed by atoms with van der Waals surface area (Å²) in [5, 5.41) is 0.829. The number of ether oxygens (including phenoxy) is 1. The maximum absolute atomic E-state index is 14.1. The lowest BCUT2D eigenvalue weighted by Gasteiger charge is -2.21. The second-order valence-corrected chi connectivity index (χ2v) is 9.57. The molecule has 0 saturated heterocycles. The molecule has 1 fully saturated rings. The number of hydrogen-bond acceptors (Lipinski definition) is 2. The van der Waals surface area contributed by atoms with Crippen LogP contribution in [0.2, 0.25) is 10.0 Å². The predicted octanol–water partition coefficient (Wildman–Crippen LogP) is 7.81. The highest BCUT2D eigenvalue weighted by atomic mass is 35.5. The van der Waals surface area contributed by atoms with E-state index in [-0.39, 0.29) is 5.92 Å². The van der Waals surface area contributed by atoms with Gasteiger partial charge in [0.1, 0.15) is 6.67 Å². The summed E-state index contributed by atoms with van der Waals surface area (Å²) in [6.45, 7) is 1.45. The molecule has 3 unspecified atom stereocenters. The molecule has 0 aliphatic heterocycles. The minimum atomic E-state index is -0.880. The topological polar surface area (TPSA) is 26.3 Å². The normalized spacial score (nSPS) is 15.7. The molecule has 0 amide bonds. The fraction of sp³-hybridized carbons (Fsp3) is 0.276. The van der Waals surface area contributed by atoms with E-state index < -0.39 is 30.6 Å². The van der Waals surface area contributed by atoms with Gasteiger partial charge in [0.25, 0.3) is 0 Å². The molecular weight excluding hydrogens is 470 g/mol. The molecular formula is C29H25Cl2FO2. The van der Waals surface area contributed by atoms with E-state index in [0.717, 1.165) is 35.1 Å². The third kappa shape index (κ3) is 5.46. The highest BCUT2D eigenvalue weighted by molar-refractivity contribution is 6.42. The fourth-order valence-electron chi connectivity index (χ4n) is 4.23. The van der Waals surface area contributed by atoms with E-state index in [1.54, 1.807) is 24.3 Å². The highest BCUT2D eigenvalue weighted by Crippen LogP contribution is 2.45. The minimum absolute atomic E-state index is 0.187. The van der Waals surface area contributed by atoms with Crippen LogP contribution >= 0.6 is 23.2 Å². The Balaban J connectivity index is 1.57. The van der Waals surface area contributed by atoms with Crippen molar-refractivity contribution in [3.05, 3.63) is 105 Å². The molecule has 0 N–H and O–H groups in total. The number of benzene rings is 3. The summed E-state index contributed by atoms with van der Waals surface area (Å²) in [6.07, 6.45) is 6.77. The van der Waals surface area contributed by atoms with Gasteiger partial charge in [-0.1, -0.05) is 89.3 Å². The van der Waals surface area contributed by atoms with Crippen molar-refractivity contribution in [1.29, 1.82) is 0 Å². The van der Waals surface area contributed by atoms with Gasteiger partial charge in [0.15, 0.2) is 6.10 Å². The molecule has 0 heterocycles. The number of halogens is 3. The van der Waals surface area contributed by atoms with E-state index in [1.165, 1.54) is 0 Å². The molecule has 0 aromatic heterocycles. The van der Waals surface area contributed by atoms with Crippen LogP contribution in [-0.4, -0.2) is 12.6 Å². The summed E-state index contributed by atoms with van der Waals surface area (Å²) in [6, 6.07) is 20.3. The van der Waals surface area contributed by atoms with Crippen molar-refractivity contribution >= 4 is 29.2 Å². The first-order valence-corrected chi connectivity index (χ1v) is 12.0. The van der Waals surface area contributed by atoms with Crippen LogP contribution in [-0.2, 0) is 9.53 Å². The van der Waals surface area contributed by atoms with Gasteiger partial charge in [0.05, 0.1) is 16.0 Å². The van der Waals surface area contributed by atoms with Gasteiger partial charge in [-0.05, 0) is 54.5 Å². The maximum Gasteiger partial charge on any atom is 0.315 e. The van der Waals surface area contributed by atoms with E-state index in [9.17, 15) is 9.18 Å². The zero-order chi connectivity index (χ0) is 24.2. The van der Waals surface area contributed by atoms with Crippen molar-refractivity contribution in [3.63, 3.8) is 0 Å². The monoisotopic (exact) mass is 494 g/mol. The average Bonchev–Trinajstić information content (AvgIpc) is 3.67. The van der Waals surface area contributed by atoms with Crippen LogP contribution in [0.1, 0.15) is 58.6 Å². The van der Waals surface area contributed by atoms with Crippen molar-refractivity contribution in [2.75, 3.05) is 6.67 Å². The van der Waals surface area contributed by atoms with Gasteiger partial charge < -0.3 is 4.74 Å². The van der Waals surface area contributed by atoms with Crippen LogP contribution in [0.5, 0.6) is 0 Å². The molecule has 2 nitrogen and oxygen atoms in total. The van der Waals surface area contributed by atoms with E-state index in [2.05, 4.69) is 5.92 Å². The second-order valence-electron chi connectivity index (χ2n) is 8.76. The molecule has 1 aliphatic carbocycles. The highest BCUT2D eigenvalue weighted by Gasteiger charge is 2.39. The smallest absolute Gasteiger partial charge is 0.315 e. The average molecular weight is 495 g/mol. The first-order chi connectivity index (χ1) is 16.4. The summed E-state index contributed by atoms with van der Waals surface area (Å²) < 4.78 is 19.9. The van der Waals surface area contributed by atoms with Crippen LogP contribution in [0.15, 0.2) is 66.7 Å². The third-order valence-corrected chi connectivity index (χ3v) is 7.02. The number of aryl methyl sites for hydroxylation is 1. The molecule has 1 aliphatic rings. The van der Waals surface area contributed by atoms with E-state index >= 15 is 0 Å². The zero-order valence-corrected chi connectivity index (χ0v) is 20.3. The Morgan fingerprint density at radius 1 is 1.00 bits per heavy atom. The van der Waals surface area contributed by atoms with Crippen molar-refractivity contribution in [2.45, 2.75) is 37.7 Å². The molecule has 1 saturated carbocycles. The Kier molecular flexibility index (Phi) is 7.61. The Labute approximate surface area is 210 Å². The molecule has 0 bridgehead atoms. The lowest BCUT2D eigenvalue weighted by atomic mass is 9.90. The zero-order valence-electron chi connectivity index (χ0n) is 18.8. The lowest BCUT2D eigenvalue weighted by Crippen LogP contribution is -2.20. The Morgan fingerprint density at radius 2 is 1.68 bits per heavy atom. The first kappa shape index (κ1) is 24.3. The molecule has 3 aromatic rings. The van der Waals surface area contributed by atoms with Crippen molar-refractivity contribution in [1.82, 2.24) is 0 Å². The summed E-state index contributed by atoms with van der Waals surface area (Å²) in [5.74, 6) is 1.49. The van der Waals surface area contributed by atoms with Gasteiger partial charge in [-0.2, -0.15) is 0 Å². The van der Waals surface area contributed by atoms with E-state index in [4.69, 9.17) is 34.4 Å². The molecule has 3 aromatic carbocycles. The van der Waals surface area contributed by atoms with E-state index in [0.29, 0.717) is 15.6 Å². The number of alkyl halides is 1. The number of carbonyl (C=O) groups is 1. The quantitative estimate of drug-likeness (QED) is 0.235. The number of esters is 1. The standard InChI is InChI=1S/C29H25Cl2FO2/c1-3-27(34-29(33)28(20-11-12-20)23-13-14-25(30)26(31)16-23)22-6-4-5-21(15-22)24(17-32)19-9-7-18(2)8-10-19/h1,4-10,13-16,20,24,27-28H,11-12,17H2,2H3. The predicted molar refractivity (Wildman–Crippen MR) is 135 cm³/mol. The van der Waals surface area contributed by atoms with Gasteiger partial charge in [-0.15, -0.1) is 6.42 Å². The minimum Gasteiger partial charge on any atom is -0.444 e. The molecule has 174 valence electrons. The summed E-state index contributed by atoms with van der Waals surface area (Å²) in [5.41, 5.74) is 4.18. The Morgan fingerprint density at radius 3 is 2.29 bits per heavy atom. The maximum atomic E-state index is 14.1. The van der Waals surface area contributed by atoms with Crippen LogP contribution in [0, 0.1) is 25.2 Å². The number of hydrogen-bond donors (Lipinski definition) is 0. The first-order valence-electron chi connectivity index (χ1n) is 11.2. The van der Waals surface area contributed by atoms with Crippen LogP contribution in [0.4, 0.5) is 4.39 Å². The van der Waals surface area contributed by atoms with Crippen molar-refractivity contribution in [3.8, 4) is 12.3 Å². The summed E-state index contributed by atoms with van der Waals surface area (Å²) in [7, 11) is 0. The summed E-state index contributed by atoms with van der Waals surface area (Å²) in [4.78, 5) is 13.2. The molecule has 0 radical (unpaired) electrons. The van der Waals surface area contributed by atoms with Crippen LogP contribution < -0.4 is 0 Å². The van der Waals surface area contributed by atoms with Gasteiger partial charge in [0.2, 0.25) is 0 Å². The number of rotatable bonds is 8. The van der Waals surface area contributed by atoms with Crippen molar-refractivity contribution < 1.29 is 13.9 Å². The fourth-order valence-corrected chi connectivity index (χ4v) is 4.54. The third-order valence-electron chi connectivity index (χ3n) is 6.29. The molecule has 4 rings (SSSR count). The van der Waals surface area contributed by atoms with Crippen molar-refractivity contribution in [2.24, 2.45) is 5.92 Å². The van der Waals surface area contributed by atoms with Crippen LogP contribution in [0.25, 0.3) is 0 Å². The lowest BCUT2D eigenvalue weighted by molar-refractivity contribution is -0.149. The molecule has 34 heavy (non-hydrogen) atoms. The number of carbonyl (C=O) groups excluding carboxylic acids is 1. The molecule has 0 spiro atoms. The van der Waals surface area contributed by atoms with Gasteiger partial charge in [0, 0.05) is 11.5 Å². The Hall–Kier alpha value is -2.80. The summed E-state index contributed by atoms with van der Waals surface area (Å²) >= 11 is 12.2. The second kappa shape index (κ2) is 10.6. The van der Waals surface area contributed by atoms with Crippen LogP contribution in [0.3, 0.4) is 0 Å². The molecule has 3 atom stereocenters. The Bertz CT molecular complexity index is 1210. The number of terminal acetylenes is 1. The van der Waals surface area contributed by atoms with Gasteiger partial charge in [-0.25, -0.2) is 0 Å². The van der Waals surface area contributed by atoms with E-state index in [1.807, 2.05) is 49.4 Å².